The fraction of sp³-hybridized carbons (Fsp3) is 0.538. The molecule has 0 saturated heterocycles. The molecular formula is C13H18O3. The van der Waals surface area contributed by atoms with E-state index in [4.69, 9.17) is 14.2 Å². The highest BCUT2D eigenvalue weighted by molar-refractivity contribution is 5.55. The third-order valence-corrected chi connectivity index (χ3v) is 2.78. The molecule has 0 radical (unpaired) electrons. The lowest BCUT2D eigenvalue weighted by atomic mass is 10.2. The van der Waals surface area contributed by atoms with Gasteiger partial charge in [0.2, 0.25) is 0 Å². The predicted molar refractivity (Wildman–Crippen MR) is 62.3 cm³/mol. The lowest BCUT2D eigenvalue weighted by molar-refractivity contribution is 0.0214. The van der Waals surface area contributed by atoms with Gasteiger partial charge in [-0.25, -0.2) is 0 Å². The summed E-state index contributed by atoms with van der Waals surface area (Å²) in [6.45, 7) is 5.99. The van der Waals surface area contributed by atoms with Gasteiger partial charge in [-0.1, -0.05) is 13.8 Å². The van der Waals surface area contributed by atoms with E-state index in [9.17, 15) is 0 Å². The fourth-order valence-electron chi connectivity index (χ4n) is 1.79. The van der Waals surface area contributed by atoms with Crippen LogP contribution < -0.4 is 14.2 Å². The second-order valence-corrected chi connectivity index (χ2v) is 3.83. The molecule has 3 nitrogen and oxygen atoms in total. The molecule has 0 bridgehead atoms. The smallest absolute Gasteiger partial charge is 0.252 e. The molecule has 1 aliphatic carbocycles. The van der Waals surface area contributed by atoms with Crippen LogP contribution in [0.15, 0.2) is 12.1 Å². The van der Waals surface area contributed by atoms with E-state index in [2.05, 4.69) is 0 Å². The molecule has 1 fully saturated rings. The summed E-state index contributed by atoms with van der Waals surface area (Å²) in [7, 11) is 1.66. The van der Waals surface area contributed by atoms with E-state index in [-0.39, 0.29) is 5.79 Å². The van der Waals surface area contributed by atoms with Crippen LogP contribution in [0.1, 0.15) is 32.3 Å². The van der Waals surface area contributed by atoms with Gasteiger partial charge in [0.1, 0.15) is 5.75 Å². The highest BCUT2D eigenvalue weighted by Gasteiger charge is 2.53. The molecule has 0 unspecified atom stereocenters. The standard InChI is InChI=1S/C11H12O3.C2H6/c1-7-8(12-2)3-4-9-10(7)14-11(13-9)5-6-11;1-2/h3-4H,5-6H2,1-2H3;1-2H3. The van der Waals surface area contributed by atoms with Crippen LogP contribution in [-0.2, 0) is 0 Å². The lowest BCUT2D eigenvalue weighted by Crippen LogP contribution is -2.18. The van der Waals surface area contributed by atoms with Gasteiger partial charge in [0.15, 0.2) is 11.5 Å². The molecule has 1 aromatic carbocycles. The van der Waals surface area contributed by atoms with Crippen LogP contribution in [0.3, 0.4) is 0 Å². The minimum absolute atomic E-state index is 0.320. The predicted octanol–water partition coefficient (Wildman–Crippen LogP) is 3.29. The van der Waals surface area contributed by atoms with E-state index in [0.29, 0.717) is 0 Å². The number of methoxy groups -OCH3 is 1. The Hall–Kier alpha value is -1.38. The first-order valence-corrected chi connectivity index (χ1v) is 5.80. The summed E-state index contributed by atoms with van der Waals surface area (Å²) in [6.07, 6.45) is 1.98. The Balaban J connectivity index is 0.000000457. The largest absolute Gasteiger partial charge is 0.496 e. The van der Waals surface area contributed by atoms with Gasteiger partial charge in [0, 0.05) is 18.4 Å². The Morgan fingerprint density at radius 2 is 1.88 bits per heavy atom. The second kappa shape index (κ2) is 3.89. The number of fused-ring (bicyclic) bond motifs is 1. The van der Waals surface area contributed by atoms with Crippen molar-refractivity contribution in [2.45, 2.75) is 39.4 Å². The first-order chi connectivity index (χ1) is 7.74. The normalized spacial score (nSPS) is 17.8. The maximum Gasteiger partial charge on any atom is 0.252 e. The first-order valence-electron chi connectivity index (χ1n) is 5.80. The molecule has 1 saturated carbocycles. The monoisotopic (exact) mass is 222 g/mol. The molecule has 0 aromatic heterocycles. The second-order valence-electron chi connectivity index (χ2n) is 3.83. The Bertz CT molecular complexity index is 394. The van der Waals surface area contributed by atoms with Gasteiger partial charge in [-0.3, -0.25) is 0 Å². The molecule has 1 aromatic rings. The number of benzene rings is 1. The van der Waals surface area contributed by atoms with Crippen molar-refractivity contribution in [3.8, 4) is 17.2 Å². The minimum Gasteiger partial charge on any atom is -0.496 e. The number of hydrogen-bond donors (Lipinski definition) is 0. The Kier molecular flexibility index (Phi) is 2.70. The molecule has 3 heteroatoms. The summed E-state index contributed by atoms with van der Waals surface area (Å²) in [6, 6.07) is 3.83. The molecule has 2 aliphatic rings. The van der Waals surface area contributed by atoms with Crippen molar-refractivity contribution in [1.29, 1.82) is 0 Å². The molecule has 1 heterocycles. The van der Waals surface area contributed by atoms with Gasteiger partial charge in [0.05, 0.1) is 7.11 Å². The van der Waals surface area contributed by atoms with Crippen LogP contribution in [0, 0.1) is 6.92 Å². The van der Waals surface area contributed by atoms with E-state index in [0.717, 1.165) is 35.7 Å². The van der Waals surface area contributed by atoms with Crippen LogP contribution in [0.25, 0.3) is 0 Å². The maximum absolute atomic E-state index is 5.78. The zero-order valence-electron chi connectivity index (χ0n) is 10.3. The molecule has 88 valence electrons. The van der Waals surface area contributed by atoms with Crippen molar-refractivity contribution >= 4 is 0 Å². The zero-order valence-corrected chi connectivity index (χ0v) is 10.3. The Morgan fingerprint density at radius 3 is 2.44 bits per heavy atom. The summed E-state index contributed by atoms with van der Waals surface area (Å²) in [5.41, 5.74) is 1.02. The molecule has 0 atom stereocenters. The lowest BCUT2D eigenvalue weighted by Gasteiger charge is -2.07. The summed E-state index contributed by atoms with van der Waals surface area (Å²) in [5, 5.41) is 0. The van der Waals surface area contributed by atoms with Gasteiger partial charge in [-0.05, 0) is 19.1 Å². The summed E-state index contributed by atoms with van der Waals surface area (Å²) >= 11 is 0. The van der Waals surface area contributed by atoms with E-state index < -0.39 is 0 Å². The van der Waals surface area contributed by atoms with Crippen molar-refractivity contribution in [3.05, 3.63) is 17.7 Å². The van der Waals surface area contributed by atoms with Crippen molar-refractivity contribution < 1.29 is 14.2 Å². The van der Waals surface area contributed by atoms with Crippen LogP contribution >= 0.6 is 0 Å². The molecule has 0 amide bonds. The average molecular weight is 222 g/mol. The van der Waals surface area contributed by atoms with Crippen molar-refractivity contribution in [2.75, 3.05) is 7.11 Å². The van der Waals surface area contributed by atoms with E-state index in [1.165, 1.54) is 0 Å². The maximum atomic E-state index is 5.78. The van der Waals surface area contributed by atoms with Crippen LogP contribution in [0.2, 0.25) is 0 Å². The molecule has 16 heavy (non-hydrogen) atoms. The first kappa shape index (κ1) is 11.1. The van der Waals surface area contributed by atoms with Crippen molar-refractivity contribution in [1.82, 2.24) is 0 Å². The number of ether oxygens (including phenoxy) is 3. The van der Waals surface area contributed by atoms with Gasteiger partial charge in [-0.2, -0.15) is 0 Å². The Labute approximate surface area is 96.3 Å². The van der Waals surface area contributed by atoms with Crippen molar-refractivity contribution in [3.63, 3.8) is 0 Å². The van der Waals surface area contributed by atoms with E-state index in [1.807, 2.05) is 32.9 Å². The average Bonchev–Trinajstić information content (AvgIpc) is 2.94. The fourth-order valence-corrected chi connectivity index (χ4v) is 1.79. The summed E-state index contributed by atoms with van der Waals surface area (Å²) < 4.78 is 16.7. The van der Waals surface area contributed by atoms with E-state index in [1.54, 1.807) is 7.11 Å². The van der Waals surface area contributed by atoms with Gasteiger partial charge in [0.25, 0.3) is 5.79 Å². The molecular weight excluding hydrogens is 204 g/mol. The molecule has 3 rings (SSSR count). The number of hydrogen-bond acceptors (Lipinski definition) is 3. The van der Waals surface area contributed by atoms with Crippen LogP contribution in [-0.4, -0.2) is 12.9 Å². The topological polar surface area (TPSA) is 27.7 Å². The zero-order chi connectivity index (χ0) is 11.8. The third kappa shape index (κ3) is 1.60. The highest BCUT2D eigenvalue weighted by Crippen LogP contribution is 2.53. The Morgan fingerprint density at radius 1 is 1.19 bits per heavy atom. The molecule has 1 aliphatic heterocycles. The molecule has 1 spiro atoms. The van der Waals surface area contributed by atoms with Crippen LogP contribution in [0.4, 0.5) is 0 Å². The van der Waals surface area contributed by atoms with Gasteiger partial charge >= 0.3 is 0 Å². The summed E-state index contributed by atoms with van der Waals surface area (Å²) in [4.78, 5) is 0. The van der Waals surface area contributed by atoms with Gasteiger partial charge < -0.3 is 14.2 Å². The number of rotatable bonds is 1. The third-order valence-electron chi connectivity index (χ3n) is 2.78. The quantitative estimate of drug-likeness (QED) is 0.729. The van der Waals surface area contributed by atoms with Crippen molar-refractivity contribution in [2.24, 2.45) is 0 Å². The van der Waals surface area contributed by atoms with Crippen LogP contribution in [0.5, 0.6) is 17.2 Å². The molecule has 0 N–H and O–H groups in total. The van der Waals surface area contributed by atoms with Gasteiger partial charge in [-0.15, -0.1) is 0 Å². The minimum atomic E-state index is -0.320. The SMILES string of the molecule is CC.COc1ccc2c(c1C)OC1(CC1)O2. The van der Waals surface area contributed by atoms with E-state index >= 15 is 0 Å². The summed E-state index contributed by atoms with van der Waals surface area (Å²) in [5.74, 6) is 2.23. The highest BCUT2D eigenvalue weighted by atomic mass is 16.7.